The van der Waals surface area contributed by atoms with Crippen molar-refractivity contribution in [2.24, 2.45) is 0 Å². The Morgan fingerprint density at radius 2 is 1.48 bits per heavy atom. The number of amides is 3. The number of fused-ring (bicyclic) bond motifs is 1. The second-order valence-electron chi connectivity index (χ2n) is 9.41. The largest absolute Gasteiger partial charge is 0.325 e. The lowest BCUT2D eigenvalue weighted by atomic mass is 10.0. The molecule has 1 aromatic heterocycles. The van der Waals surface area contributed by atoms with Gasteiger partial charge in [-0.3, -0.25) is 19.4 Å². The third-order valence-electron chi connectivity index (χ3n) is 6.37. The van der Waals surface area contributed by atoms with E-state index in [4.69, 9.17) is 0 Å². The number of carbonyl (C=O) groups is 3. The molecule has 1 atom stereocenters. The zero-order valence-corrected chi connectivity index (χ0v) is 23.6. The van der Waals surface area contributed by atoms with Gasteiger partial charge in [0.15, 0.2) is 0 Å². The predicted molar refractivity (Wildman–Crippen MR) is 169 cm³/mol. The van der Waals surface area contributed by atoms with Gasteiger partial charge in [0.05, 0.1) is 5.25 Å². The standard InChI is InChI=1S/C34H28N4O3S/c1-23(32(39)36-27-17-19-35-20-18-27)42-29-15-8-14-28(22-29)37-34(41)31(38-33(40)25-10-3-2-4-11-25)21-26-13-7-12-24-9-5-6-16-30(24)26/h2-23H,1H3,(H,37,41)(H,38,40)(H,35,36,39)/b31-21+. The van der Waals surface area contributed by atoms with Gasteiger partial charge in [0, 0.05) is 34.2 Å². The van der Waals surface area contributed by atoms with Crippen molar-refractivity contribution in [3.63, 3.8) is 0 Å². The van der Waals surface area contributed by atoms with Crippen molar-refractivity contribution in [1.29, 1.82) is 0 Å². The van der Waals surface area contributed by atoms with Crippen LogP contribution in [-0.4, -0.2) is 28.0 Å². The van der Waals surface area contributed by atoms with Crippen LogP contribution in [0.4, 0.5) is 11.4 Å². The normalized spacial score (nSPS) is 11.9. The Morgan fingerprint density at radius 3 is 2.29 bits per heavy atom. The lowest BCUT2D eigenvalue weighted by Crippen LogP contribution is -2.30. The van der Waals surface area contributed by atoms with Gasteiger partial charge in [-0.05, 0) is 71.8 Å². The van der Waals surface area contributed by atoms with E-state index in [0.29, 0.717) is 16.9 Å². The minimum Gasteiger partial charge on any atom is -0.325 e. The molecule has 42 heavy (non-hydrogen) atoms. The van der Waals surface area contributed by atoms with Gasteiger partial charge in [0.2, 0.25) is 5.91 Å². The number of carbonyl (C=O) groups excluding carboxylic acids is 3. The average Bonchev–Trinajstić information content (AvgIpc) is 3.02. The maximum absolute atomic E-state index is 13.6. The number of pyridine rings is 1. The first-order chi connectivity index (χ1) is 20.5. The summed E-state index contributed by atoms with van der Waals surface area (Å²) in [5, 5.41) is 10.2. The number of benzene rings is 4. The Labute approximate surface area is 248 Å². The van der Waals surface area contributed by atoms with Crippen LogP contribution < -0.4 is 16.0 Å². The maximum atomic E-state index is 13.6. The highest BCUT2D eigenvalue weighted by Gasteiger charge is 2.18. The Kier molecular flexibility index (Phi) is 9.06. The highest BCUT2D eigenvalue weighted by molar-refractivity contribution is 8.00. The Morgan fingerprint density at radius 1 is 0.762 bits per heavy atom. The fourth-order valence-corrected chi connectivity index (χ4v) is 5.18. The maximum Gasteiger partial charge on any atom is 0.272 e. The summed E-state index contributed by atoms with van der Waals surface area (Å²) in [6.45, 7) is 1.82. The average molecular weight is 573 g/mol. The number of thioether (sulfide) groups is 1. The topological polar surface area (TPSA) is 100 Å². The SMILES string of the molecule is CC(Sc1cccc(NC(=O)/C(=C\c2cccc3ccccc23)NC(=O)c2ccccc2)c1)C(=O)Nc1ccncc1. The quantitative estimate of drug-likeness (QED) is 0.134. The molecule has 4 aromatic carbocycles. The summed E-state index contributed by atoms with van der Waals surface area (Å²) in [6.07, 6.45) is 4.91. The number of aromatic nitrogens is 1. The molecule has 0 aliphatic heterocycles. The van der Waals surface area contributed by atoms with Crippen molar-refractivity contribution in [3.8, 4) is 0 Å². The molecule has 0 fully saturated rings. The summed E-state index contributed by atoms with van der Waals surface area (Å²) in [7, 11) is 0. The van der Waals surface area contributed by atoms with E-state index in [-0.39, 0.29) is 11.6 Å². The number of hydrogen-bond acceptors (Lipinski definition) is 5. The molecule has 0 spiro atoms. The molecule has 0 saturated carbocycles. The van der Waals surface area contributed by atoms with Gasteiger partial charge in [0.1, 0.15) is 5.70 Å². The van der Waals surface area contributed by atoms with E-state index in [1.54, 1.807) is 67.0 Å². The Balaban J connectivity index is 1.36. The molecule has 5 rings (SSSR count). The molecule has 208 valence electrons. The highest BCUT2D eigenvalue weighted by atomic mass is 32.2. The molecule has 0 aliphatic carbocycles. The fourth-order valence-electron chi connectivity index (χ4n) is 4.26. The number of hydrogen-bond donors (Lipinski definition) is 3. The smallest absolute Gasteiger partial charge is 0.272 e. The number of nitrogens with one attached hydrogen (secondary N) is 3. The van der Waals surface area contributed by atoms with Crippen LogP contribution in [0.2, 0.25) is 0 Å². The van der Waals surface area contributed by atoms with Crippen molar-refractivity contribution < 1.29 is 14.4 Å². The molecular formula is C34H28N4O3S. The van der Waals surface area contributed by atoms with Crippen molar-refractivity contribution in [1.82, 2.24) is 10.3 Å². The molecule has 3 amide bonds. The van der Waals surface area contributed by atoms with Crippen LogP contribution in [0.1, 0.15) is 22.8 Å². The molecule has 7 nitrogen and oxygen atoms in total. The summed E-state index contributed by atoms with van der Waals surface area (Å²) < 4.78 is 0. The van der Waals surface area contributed by atoms with Gasteiger partial charge in [-0.15, -0.1) is 11.8 Å². The summed E-state index contributed by atoms with van der Waals surface area (Å²) in [5.74, 6) is -1.02. The molecule has 3 N–H and O–H groups in total. The highest BCUT2D eigenvalue weighted by Crippen LogP contribution is 2.27. The van der Waals surface area contributed by atoms with E-state index in [9.17, 15) is 14.4 Å². The van der Waals surface area contributed by atoms with E-state index < -0.39 is 17.1 Å². The summed E-state index contributed by atoms with van der Waals surface area (Å²) in [6, 6.07) is 33.1. The van der Waals surface area contributed by atoms with Gasteiger partial charge in [-0.1, -0.05) is 66.7 Å². The van der Waals surface area contributed by atoms with Crippen LogP contribution in [0.5, 0.6) is 0 Å². The molecule has 5 aromatic rings. The minimum atomic E-state index is -0.474. The van der Waals surface area contributed by atoms with Crippen LogP contribution >= 0.6 is 11.8 Å². The van der Waals surface area contributed by atoms with E-state index in [2.05, 4.69) is 20.9 Å². The minimum absolute atomic E-state index is 0.100. The van der Waals surface area contributed by atoms with Crippen LogP contribution in [0, 0.1) is 0 Å². The van der Waals surface area contributed by atoms with E-state index >= 15 is 0 Å². The van der Waals surface area contributed by atoms with Crippen LogP contribution in [0.15, 0.2) is 132 Å². The third-order valence-corrected chi connectivity index (χ3v) is 7.47. The number of rotatable bonds is 9. The summed E-state index contributed by atoms with van der Waals surface area (Å²) in [5.41, 5.74) is 2.54. The second kappa shape index (κ2) is 13.4. The van der Waals surface area contributed by atoms with Crippen LogP contribution in [-0.2, 0) is 9.59 Å². The predicted octanol–water partition coefficient (Wildman–Crippen LogP) is 6.76. The van der Waals surface area contributed by atoms with E-state index in [1.807, 2.05) is 67.6 Å². The van der Waals surface area contributed by atoms with Crippen molar-refractivity contribution >= 4 is 57.7 Å². The molecule has 0 saturated heterocycles. The van der Waals surface area contributed by atoms with Crippen molar-refractivity contribution in [3.05, 3.63) is 138 Å². The van der Waals surface area contributed by atoms with Crippen molar-refractivity contribution in [2.75, 3.05) is 10.6 Å². The van der Waals surface area contributed by atoms with E-state index in [1.165, 1.54) is 11.8 Å². The molecule has 0 bridgehead atoms. The van der Waals surface area contributed by atoms with Gasteiger partial charge < -0.3 is 16.0 Å². The van der Waals surface area contributed by atoms with Gasteiger partial charge in [-0.25, -0.2) is 0 Å². The van der Waals surface area contributed by atoms with Crippen LogP contribution in [0.3, 0.4) is 0 Å². The first-order valence-corrected chi connectivity index (χ1v) is 14.2. The van der Waals surface area contributed by atoms with Gasteiger partial charge in [0.25, 0.3) is 11.8 Å². The molecular weight excluding hydrogens is 544 g/mol. The Bertz CT molecular complexity index is 1750. The van der Waals surface area contributed by atoms with E-state index in [0.717, 1.165) is 21.2 Å². The van der Waals surface area contributed by atoms with Gasteiger partial charge in [-0.2, -0.15) is 0 Å². The zero-order valence-electron chi connectivity index (χ0n) is 22.8. The lowest BCUT2D eigenvalue weighted by molar-refractivity contribution is -0.115. The second-order valence-corrected chi connectivity index (χ2v) is 10.8. The molecule has 0 radical (unpaired) electrons. The lowest BCUT2D eigenvalue weighted by Gasteiger charge is -2.14. The third kappa shape index (κ3) is 7.30. The number of nitrogens with zero attached hydrogens (tertiary/aromatic N) is 1. The fraction of sp³-hybridized carbons (Fsp3) is 0.0588. The monoisotopic (exact) mass is 572 g/mol. The summed E-state index contributed by atoms with van der Waals surface area (Å²) >= 11 is 1.37. The molecule has 0 aliphatic rings. The Hall–Kier alpha value is -5.21. The first-order valence-electron chi connectivity index (χ1n) is 13.3. The molecule has 8 heteroatoms. The first kappa shape index (κ1) is 28.3. The summed E-state index contributed by atoms with van der Waals surface area (Å²) in [4.78, 5) is 44.1. The zero-order chi connectivity index (χ0) is 29.3. The molecule has 1 heterocycles. The van der Waals surface area contributed by atoms with Gasteiger partial charge >= 0.3 is 0 Å². The van der Waals surface area contributed by atoms with Crippen molar-refractivity contribution in [2.45, 2.75) is 17.1 Å². The van der Waals surface area contributed by atoms with Crippen LogP contribution in [0.25, 0.3) is 16.8 Å². The number of anilines is 2. The molecule has 1 unspecified atom stereocenters.